The Morgan fingerprint density at radius 1 is 0.833 bits per heavy atom. The first-order valence-corrected chi connectivity index (χ1v) is 8.88. The molecule has 0 aliphatic carbocycles. The lowest BCUT2D eigenvalue weighted by Crippen LogP contribution is -2.28. The van der Waals surface area contributed by atoms with Gasteiger partial charge < -0.3 is 11.1 Å². The van der Waals surface area contributed by atoms with E-state index in [4.69, 9.17) is 5.73 Å². The van der Waals surface area contributed by atoms with Gasteiger partial charge in [-0.15, -0.1) is 0 Å². The van der Waals surface area contributed by atoms with Gasteiger partial charge in [0.05, 0.1) is 0 Å². The third-order valence-electron chi connectivity index (χ3n) is 4.27. The van der Waals surface area contributed by atoms with Gasteiger partial charge in [-0.25, -0.2) is 0 Å². The molecular formula is C21H28N2O. The van der Waals surface area contributed by atoms with Crippen LogP contribution in [0.15, 0.2) is 60.7 Å². The Morgan fingerprint density at radius 3 is 1.92 bits per heavy atom. The van der Waals surface area contributed by atoms with Crippen LogP contribution in [0.5, 0.6) is 0 Å². The zero-order valence-corrected chi connectivity index (χ0v) is 14.3. The van der Waals surface area contributed by atoms with Crippen LogP contribution in [0.25, 0.3) is 0 Å². The maximum absolute atomic E-state index is 12.1. The topological polar surface area (TPSA) is 55.1 Å². The van der Waals surface area contributed by atoms with Gasteiger partial charge in [-0.3, -0.25) is 4.79 Å². The number of rotatable bonds is 10. The number of amides is 1. The van der Waals surface area contributed by atoms with Crippen LogP contribution in [0, 0.1) is 0 Å². The summed E-state index contributed by atoms with van der Waals surface area (Å²) in [6.07, 6.45) is 4.77. The Labute approximate surface area is 145 Å². The lowest BCUT2D eigenvalue weighted by molar-refractivity contribution is -0.121. The molecule has 3 heteroatoms. The number of hydrogen-bond donors (Lipinski definition) is 2. The van der Waals surface area contributed by atoms with E-state index in [9.17, 15) is 4.79 Å². The number of nitrogens with two attached hydrogens (primary N) is 1. The van der Waals surface area contributed by atoms with Crippen LogP contribution in [0.4, 0.5) is 0 Å². The van der Waals surface area contributed by atoms with Crippen LogP contribution in [-0.2, 0) is 4.79 Å². The minimum absolute atomic E-state index is 0.139. The van der Waals surface area contributed by atoms with Crippen molar-refractivity contribution in [2.75, 3.05) is 13.1 Å². The van der Waals surface area contributed by atoms with E-state index >= 15 is 0 Å². The average Bonchev–Trinajstić information content (AvgIpc) is 2.63. The van der Waals surface area contributed by atoms with Crippen molar-refractivity contribution in [3.05, 3.63) is 71.8 Å². The zero-order valence-electron chi connectivity index (χ0n) is 14.3. The third-order valence-corrected chi connectivity index (χ3v) is 4.27. The second kappa shape index (κ2) is 10.6. The number of benzene rings is 2. The fourth-order valence-electron chi connectivity index (χ4n) is 2.89. The first-order chi connectivity index (χ1) is 11.8. The van der Waals surface area contributed by atoms with Crippen molar-refractivity contribution in [1.82, 2.24) is 5.32 Å². The molecule has 0 saturated carbocycles. The molecule has 0 fully saturated rings. The number of carbonyl (C=O) groups is 1. The molecule has 0 heterocycles. The van der Waals surface area contributed by atoms with Crippen molar-refractivity contribution in [1.29, 1.82) is 0 Å². The molecule has 0 aliphatic rings. The van der Waals surface area contributed by atoms with Gasteiger partial charge in [0.25, 0.3) is 0 Å². The fourth-order valence-corrected chi connectivity index (χ4v) is 2.89. The number of nitrogens with one attached hydrogen (secondary N) is 1. The largest absolute Gasteiger partial charge is 0.355 e. The summed E-state index contributed by atoms with van der Waals surface area (Å²) in [6, 6.07) is 20.7. The summed E-state index contributed by atoms with van der Waals surface area (Å²) in [5.41, 5.74) is 7.94. The summed E-state index contributed by atoms with van der Waals surface area (Å²) in [6.45, 7) is 1.37. The zero-order chi connectivity index (χ0) is 17.0. The van der Waals surface area contributed by atoms with Crippen LogP contribution in [0.3, 0.4) is 0 Å². The van der Waals surface area contributed by atoms with Crippen molar-refractivity contribution in [3.63, 3.8) is 0 Å². The van der Waals surface area contributed by atoms with E-state index in [0.717, 1.165) is 32.2 Å². The second-order valence-corrected chi connectivity index (χ2v) is 6.13. The molecule has 2 aromatic carbocycles. The van der Waals surface area contributed by atoms with Gasteiger partial charge in [0, 0.05) is 18.9 Å². The minimum Gasteiger partial charge on any atom is -0.355 e. The minimum atomic E-state index is 0.139. The average molecular weight is 324 g/mol. The lowest BCUT2D eigenvalue weighted by Gasteiger charge is -2.19. The Morgan fingerprint density at radius 2 is 1.38 bits per heavy atom. The first kappa shape index (κ1) is 18.2. The summed E-state index contributed by atoms with van der Waals surface area (Å²) in [4.78, 5) is 12.1. The molecule has 1 amide bonds. The van der Waals surface area contributed by atoms with E-state index in [1.807, 2.05) is 36.4 Å². The molecule has 0 atom stereocenters. The molecule has 0 aromatic heterocycles. The third kappa shape index (κ3) is 6.17. The quantitative estimate of drug-likeness (QED) is 0.652. The molecule has 0 spiro atoms. The molecule has 0 bridgehead atoms. The van der Waals surface area contributed by atoms with E-state index in [1.54, 1.807) is 0 Å². The van der Waals surface area contributed by atoms with Gasteiger partial charge in [-0.2, -0.15) is 0 Å². The summed E-state index contributed by atoms with van der Waals surface area (Å²) in [5.74, 6) is 0.327. The van der Waals surface area contributed by atoms with Crippen LogP contribution in [0.2, 0.25) is 0 Å². The molecule has 3 nitrogen and oxygen atoms in total. The fraction of sp³-hybridized carbons (Fsp3) is 0.381. The number of unbranched alkanes of at least 4 members (excludes halogenated alkanes) is 3. The van der Waals surface area contributed by atoms with Gasteiger partial charge >= 0.3 is 0 Å². The van der Waals surface area contributed by atoms with Crippen molar-refractivity contribution in [2.45, 2.75) is 38.0 Å². The predicted octanol–water partition coefficient (Wildman–Crippen LogP) is 3.84. The van der Waals surface area contributed by atoms with Gasteiger partial charge in [-0.1, -0.05) is 73.5 Å². The molecule has 24 heavy (non-hydrogen) atoms. The van der Waals surface area contributed by atoms with Crippen LogP contribution in [0.1, 0.15) is 49.1 Å². The van der Waals surface area contributed by atoms with Gasteiger partial charge in [-0.05, 0) is 30.5 Å². The standard InChI is InChI=1S/C21H28N2O/c22-16-10-2-1-9-15-21(24)23-17-20(18-11-5-3-6-12-18)19-13-7-4-8-14-19/h3-8,11-14,20H,1-2,9-10,15-17,22H2,(H,23,24). The van der Waals surface area contributed by atoms with Gasteiger partial charge in [0.1, 0.15) is 0 Å². The van der Waals surface area contributed by atoms with Crippen molar-refractivity contribution >= 4 is 5.91 Å². The maximum Gasteiger partial charge on any atom is 0.220 e. The summed E-state index contributed by atoms with van der Waals surface area (Å²) < 4.78 is 0. The lowest BCUT2D eigenvalue weighted by atomic mass is 9.91. The molecular weight excluding hydrogens is 296 g/mol. The Balaban J connectivity index is 1.89. The summed E-state index contributed by atoms with van der Waals surface area (Å²) >= 11 is 0. The van der Waals surface area contributed by atoms with Crippen molar-refractivity contribution in [2.24, 2.45) is 5.73 Å². The van der Waals surface area contributed by atoms with Crippen LogP contribution in [-0.4, -0.2) is 19.0 Å². The van der Waals surface area contributed by atoms with E-state index in [1.165, 1.54) is 11.1 Å². The smallest absolute Gasteiger partial charge is 0.220 e. The van der Waals surface area contributed by atoms with E-state index in [-0.39, 0.29) is 11.8 Å². The van der Waals surface area contributed by atoms with E-state index < -0.39 is 0 Å². The molecule has 0 unspecified atom stereocenters. The molecule has 2 aromatic rings. The molecule has 0 radical (unpaired) electrons. The van der Waals surface area contributed by atoms with Crippen LogP contribution < -0.4 is 11.1 Å². The van der Waals surface area contributed by atoms with Gasteiger partial charge in [0.2, 0.25) is 5.91 Å². The highest BCUT2D eigenvalue weighted by atomic mass is 16.1. The highest BCUT2D eigenvalue weighted by molar-refractivity contribution is 5.75. The van der Waals surface area contributed by atoms with Crippen molar-refractivity contribution in [3.8, 4) is 0 Å². The van der Waals surface area contributed by atoms with Crippen molar-refractivity contribution < 1.29 is 4.79 Å². The highest BCUT2D eigenvalue weighted by Crippen LogP contribution is 2.23. The highest BCUT2D eigenvalue weighted by Gasteiger charge is 2.14. The first-order valence-electron chi connectivity index (χ1n) is 8.88. The number of carbonyl (C=O) groups excluding carboxylic acids is 1. The molecule has 0 aliphatic heterocycles. The normalized spacial score (nSPS) is 10.8. The Bertz CT molecular complexity index is 544. The monoisotopic (exact) mass is 324 g/mol. The van der Waals surface area contributed by atoms with Crippen LogP contribution >= 0.6 is 0 Å². The van der Waals surface area contributed by atoms with E-state index in [2.05, 4.69) is 29.6 Å². The SMILES string of the molecule is NCCCCCCC(=O)NCC(c1ccccc1)c1ccccc1. The van der Waals surface area contributed by atoms with Gasteiger partial charge in [0.15, 0.2) is 0 Å². The number of hydrogen-bond acceptors (Lipinski definition) is 2. The molecule has 3 N–H and O–H groups in total. The second-order valence-electron chi connectivity index (χ2n) is 6.13. The predicted molar refractivity (Wildman–Crippen MR) is 99.9 cm³/mol. The molecule has 2 rings (SSSR count). The summed E-state index contributed by atoms with van der Waals surface area (Å²) in [5, 5.41) is 3.11. The summed E-state index contributed by atoms with van der Waals surface area (Å²) in [7, 11) is 0. The van der Waals surface area contributed by atoms with E-state index in [0.29, 0.717) is 13.0 Å². The molecule has 0 saturated heterocycles. The Kier molecular flexibility index (Phi) is 8.05. The Hall–Kier alpha value is -2.13. The maximum atomic E-state index is 12.1. The molecule has 128 valence electrons.